The quantitative estimate of drug-likeness (QED) is 0.711. The number of imidazole rings is 1. The number of rotatable bonds is 3. The first-order valence-electron chi connectivity index (χ1n) is 7.30. The van der Waals surface area contributed by atoms with Crippen LogP contribution in [0.4, 0.5) is 5.69 Å². The third kappa shape index (κ3) is 2.68. The molecule has 1 N–H and O–H groups in total. The first-order chi connectivity index (χ1) is 11.0. The van der Waals surface area contributed by atoms with Crippen molar-refractivity contribution < 1.29 is 8.42 Å². The van der Waals surface area contributed by atoms with E-state index in [1.165, 1.54) is 28.9 Å². The van der Waals surface area contributed by atoms with Crippen LogP contribution in [0.1, 0.15) is 24.0 Å². The third-order valence-corrected chi connectivity index (χ3v) is 7.01. The molecule has 2 aromatic heterocycles. The van der Waals surface area contributed by atoms with E-state index in [1.54, 1.807) is 10.6 Å². The van der Waals surface area contributed by atoms with Gasteiger partial charge in [-0.05, 0) is 64.9 Å². The monoisotopic (exact) mass is 411 g/mol. The number of halogens is 1. The van der Waals surface area contributed by atoms with E-state index in [0.717, 1.165) is 19.3 Å². The van der Waals surface area contributed by atoms with E-state index in [1.807, 2.05) is 23.6 Å². The molecule has 3 aromatic rings. The van der Waals surface area contributed by atoms with Crippen molar-refractivity contribution >= 4 is 47.9 Å². The Morgan fingerprint density at radius 3 is 2.83 bits per heavy atom. The minimum absolute atomic E-state index is 0.131. The van der Waals surface area contributed by atoms with E-state index in [2.05, 4.69) is 25.6 Å². The van der Waals surface area contributed by atoms with E-state index in [-0.39, 0.29) is 5.03 Å². The zero-order valence-electron chi connectivity index (χ0n) is 12.1. The SMILES string of the molecule is O=S(=O)(Nc1ccc2c(c1)CCCC2)c1c(Br)nc2sccn12. The summed E-state index contributed by atoms with van der Waals surface area (Å²) >= 11 is 4.65. The molecular formula is C15H14BrN3O2S2. The highest BCUT2D eigenvalue weighted by atomic mass is 79.9. The van der Waals surface area contributed by atoms with Crippen molar-refractivity contribution in [3.63, 3.8) is 0 Å². The second-order valence-electron chi connectivity index (χ2n) is 5.56. The molecule has 0 spiro atoms. The maximum Gasteiger partial charge on any atom is 0.280 e. The van der Waals surface area contributed by atoms with Crippen molar-refractivity contribution in [3.05, 3.63) is 45.5 Å². The smallest absolute Gasteiger partial charge is 0.278 e. The van der Waals surface area contributed by atoms with Gasteiger partial charge in [-0.15, -0.1) is 11.3 Å². The predicted octanol–water partition coefficient (Wildman–Crippen LogP) is 3.84. The van der Waals surface area contributed by atoms with Gasteiger partial charge in [-0.25, -0.2) is 4.98 Å². The van der Waals surface area contributed by atoms with Crippen molar-refractivity contribution in [1.29, 1.82) is 0 Å². The number of nitrogens with one attached hydrogen (secondary N) is 1. The van der Waals surface area contributed by atoms with Crippen LogP contribution in [0.5, 0.6) is 0 Å². The van der Waals surface area contributed by atoms with Crippen LogP contribution in [0.15, 0.2) is 39.4 Å². The highest BCUT2D eigenvalue weighted by Crippen LogP contribution is 2.29. The van der Waals surface area contributed by atoms with Crippen molar-refractivity contribution in [2.75, 3.05) is 4.72 Å². The number of hydrogen-bond acceptors (Lipinski definition) is 4. The average Bonchev–Trinajstić information content (AvgIpc) is 3.06. The summed E-state index contributed by atoms with van der Waals surface area (Å²) in [6.45, 7) is 0. The molecule has 8 heteroatoms. The molecule has 0 bridgehead atoms. The first kappa shape index (κ1) is 15.2. The van der Waals surface area contributed by atoms with E-state index < -0.39 is 10.0 Å². The molecule has 0 aliphatic heterocycles. The predicted molar refractivity (Wildman–Crippen MR) is 94.7 cm³/mol. The van der Waals surface area contributed by atoms with Crippen LogP contribution < -0.4 is 4.72 Å². The normalized spacial score (nSPS) is 14.8. The molecule has 4 rings (SSSR count). The number of aromatic nitrogens is 2. The number of nitrogens with zero attached hydrogens (tertiary/aromatic N) is 2. The second kappa shape index (κ2) is 5.61. The minimum atomic E-state index is -3.71. The van der Waals surface area contributed by atoms with Gasteiger partial charge in [-0.2, -0.15) is 8.42 Å². The zero-order valence-corrected chi connectivity index (χ0v) is 15.3. The lowest BCUT2D eigenvalue weighted by Crippen LogP contribution is -2.16. The molecule has 5 nitrogen and oxygen atoms in total. The number of sulfonamides is 1. The molecule has 0 atom stereocenters. The fourth-order valence-electron chi connectivity index (χ4n) is 2.98. The molecule has 120 valence electrons. The maximum atomic E-state index is 12.8. The number of benzene rings is 1. The summed E-state index contributed by atoms with van der Waals surface area (Å²) in [5.74, 6) is 0. The molecule has 0 saturated carbocycles. The van der Waals surface area contributed by atoms with Gasteiger partial charge < -0.3 is 0 Å². The highest BCUT2D eigenvalue weighted by Gasteiger charge is 2.25. The maximum absolute atomic E-state index is 12.8. The lowest BCUT2D eigenvalue weighted by Gasteiger charge is -2.17. The Morgan fingerprint density at radius 1 is 1.22 bits per heavy atom. The van der Waals surface area contributed by atoms with Crippen molar-refractivity contribution in [2.45, 2.75) is 30.7 Å². The number of hydrogen-bond donors (Lipinski definition) is 1. The van der Waals surface area contributed by atoms with Crippen LogP contribution in [-0.2, 0) is 22.9 Å². The van der Waals surface area contributed by atoms with Crippen LogP contribution in [0.2, 0.25) is 0 Å². The summed E-state index contributed by atoms with van der Waals surface area (Å²) in [5, 5.41) is 1.94. The standard InChI is InChI=1S/C15H14BrN3O2S2/c16-13-14(19-7-8-22-15(19)17-13)23(20,21)18-12-6-5-10-3-1-2-4-11(10)9-12/h5-9,18H,1-4H2. The molecule has 2 heterocycles. The van der Waals surface area contributed by atoms with Gasteiger partial charge in [-0.3, -0.25) is 9.12 Å². The molecule has 0 saturated heterocycles. The Kier molecular flexibility index (Phi) is 3.70. The van der Waals surface area contributed by atoms with Crippen LogP contribution in [0, 0.1) is 0 Å². The molecule has 1 aliphatic carbocycles. The fourth-order valence-corrected chi connectivity index (χ4v) is 6.07. The molecule has 23 heavy (non-hydrogen) atoms. The van der Waals surface area contributed by atoms with Gasteiger partial charge in [0.15, 0.2) is 9.99 Å². The van der Waals surface area contributed by atoms with E-state index >= 15 is 0 Å². The Labute approximate surface area is 146 Å². The molecule has 1 aliphatic rings. The summed E-state index contributed by atoms with van der Waals surface area (Å²) in [6, 6.07) is 5.81. The summed E-state index contributed by atoms with van der Waals surface area (Å²) < 4.78 is 30.1. The van der Waals surface area contributed by atoms with Gasteiger partial charge >= 0.3 is 0 Å². The van der Waals surface area contributed by atoms with Crippen LogP contribution >= 0.6 is 27.3 Å². The van der Waals surface area contributed by atoms with Crippen LogP contribution in [-0.4, -0.2) is 17.8 Å². The van der Waals surface area contributed by atoms with Gasteiger partial charge in [0.25, 0.3) is 10.0 Å². The summed E-state index contributed by atoms with van der Waals surface area (Å²) in [5.41, 5.74) is 3.16. The minimum Gasteiger partial charge on any atom is -0.278 e. The van der Waals surface area contributed by atoms with Crippen LogP contribution in [0.25, 0.3) is 4.96 Å². The molecule has 0 radical (unpaired) electrons. The molecule has 0 fully saturated rings. The van der Waals surface area contributed by atoms with Crippen LogP contribution in [0.3, 0.4) is 0 Å². The Hall–Kier alpha value is -1.38. The van der Waals surface area contributed by atoms with Crippen molar-refractivity contribution in [3.8, 4) is 0 Å². The van der Waals surface area contributed by atoms with Crippen molar-refractivity contribution in [2.24, 2.45) is 0 Å². The number of thiazole rings is 1. The van der Waals surface area contributed by atoms with E-state index in [9.17, 15) is 8.42 Å². The summed E-state index contributed by atoms with van der Waals surface area (Å²) in [4.78, 5) is 4.87. The number of anilines is 1. The number of aryl methyl sites for hydroxylation is 2. The largest absolute Gasteiger partial charge is 0.280 e. The second-order valence-corrected chi connectivity index (χ2v) is 8.78. The van der Waals surface area contributed by atoms with Gasteiger partial charge in [0.05, 0.1) is 0 Å². The lowest BCUT2D eigenvalue weighted by atomic mass is 9.91. The zero-order chi connectivity index (χ0) is 16.0. The fraction of sp³-hybridized carbons (Fsp3) is 0.267. The molecule has 0 amide bonds. The number of fused-ring (bicyclic) bond motifs is 2. The Balaban J connectivity index is 1.72. The Bertz CT molecular complexity index is 991. The third-order valence-electron chi connectivity index (χ3n) is 4.03. The molecular weight excluding hydrogens is 398 g/mol. The van der Waals surface area contributed by atoms with E-state index in [0.29, 0.717) is 15.3 Å². The topological polar surface area (TPSA) is 63.5 Å². The lowest BCUT2D eigenvalue weighted by molar-refractivity contribution is 0.596. The van der Waals surface area contributed by atoms with Gasteiger partial charge in [0.1, 0.15) is 4.60 Å². The molecule has 1 aromatic carbocycles. The van der Waals surface area contributed by atoms with Gasteiger partial charge in [0, 0.05) is 17.3 Å². The first-order valence-corrected chi connectivity index (χ1v) is 10.5. The van der Waals surface area contributed by atoms with Gasteiger partial charge in [0.2, 0.25) is 0 Å². The Morgan fingerprint density at radius 2 is 2.00 bits per heavy atom. The average molecular weight is 412 g/mol. The highest BCUT2D eigenvalue weighted by molar-refractivity contribution is 9.10. The molecule has 0 unspecified atom stereocenters. The van der Waals surface area contributed by atoms with Gasteiger partial charge in [-0.1, -0.05) is 6.07 Å². The van der Waals surface area contributed by atoms with Crippen molar-refractivity contribution in [1.82, 2.24) is 9.38 Å². The summed E-state index contributed by atoms with van der Waals surface area (Å²) in [6.07, 6.45) is 6.16. The van der Waals surface area contributed by atoms with E-state index in [4.69, 9.17) is 0 Å². The summed E-state index contributed by atoms with van der Waals surface area (Å²) in [7, 11) is -3.71.